The fraction of sp³-hybridized carbons (Fsp3) is 0.250. The molecule has 0 atom stereocenters. The molecule has 2 nitrogen and oxygen atoms in total. The average Bonchev–Trinajstić information content (AvgIpc) is 2.05. The first-order valence-corrected chi connectivity index (χ1v) is 5.83. The monoisotopic (exact) mass is 248 g/mol. The van der Waals surface area contributed by atoms with Crippen LogP contribution in [0.5, 0.6) is 0 Å². The van der Waals surface area contributed by atoms with E-state index in [1.165, 1.54) is 0 Å². The van der Waals surface area contributed by atoms with Crippen LogP contribution in [0.3, 0.4) is 0 Å². The van der Waals surface area contributed by atoms with Crippen molar-refractivity contribution in [2.75, 3.05) is 5.33 Å². The van der Waals surface area contributed by atoms with Gasteiger partial charge in [0.05, 0.1) is 4.90 Å². The summed E-state index contributed by atoms with van der Waals surface area (Å²) in [6.45, 7) is 0. The van der Waals surface area contributed by atoms with Crippen molar-refractivity contribution in [3.63, 3.8) is 0 Å². The highest BCUT2D eigenvalue weighted by molar-refractivity contribution is 9.09. The second kappa shape index (κ2) is 4.62. The Bertz CT molecular complexity index is 326. The number of rotatable bonds is 3. The molecule has 0 saturated heterocycles. The Morgan fingerprint density at radius 3 is 2.67 bits per heavy atom. The van der Waals surface area contributed by atoms with Crippen LogP contribution in [0.2, 0.25) is 0 Å². The Morgan fingerprint density at radius 2 is 2.08 bits per heavy atom. The second-order valence-electron chi connectivity index (χ2n) is 2.37. The van der Waals surface area contributed by atoms with E-state index in [1.807, 2.05) is 6.07 Å². The molecule has 0 radical (unpaired) electrons. The quantitative estimate of drug-likeness (QED) is 0.652. The van der Waals surface area contributed by atoms with Gasteiger partial charge in [-0.2, -0.15) is 0 Å². The summed E-state index contributed by atoms with van der Waals surface area (Å²) in [5.41, 5.74) is 1.04. The molecule has 66 valence electrons. The van der Waals surface area contributed by atoms with Crippen LogP contribution in [0, 0.1) is 0 Å². The van der Waals surface area contributed by atoms with Gasteiger partial charge in [-0.05, 0) is 24.1 Å². The van der Waals surface area contributed by atoms with Crippen LogP contribution >= 0.6 is 15.9 Å². The standard InChI is InChI=1S/C8H9BrO2S/c9-5-4-7-2-1-3-8(6-7)12(10)11/h1-3,6,12H,4-5H2. The van der Waals surface area contributed by atoms with E-state index < -0.39 is 10.7 Å². The lowest BCUT2D eigenvalue weighted by Gasteiger charge is -1.97. The molecule has 1 aromatic rings. The third-order valence-corrected chi connectivity index (χ3v) is 2.60. The molecule has 1 aromatic carbocycles. The van der Waals surface area contributed by atoms with E-state index in [0.717, 1.165) is 17.3 Å². The summed E-state index contributed by atoms with van der Waals surface area (Å²) >= 11 is 3.30. The van der Waals surface area contributed by atoms with Crippen LogP contribution in [0.25, 0.3) is 0 Å². The van der Waals surface area contributed by atoms with Gasteiger partial charge in [0.15, 0.2) is 10.7 Å². The highest BCUT2D eigenvalue weighted by Gasteiger charge is 1.96. The molecule has 0 amide bonds. The number of hydrogen-bond donors (Lipinski definition) is 1. The lowest BCUT2D eigenvalue weighted by Crippen LogP contribution is -1.87. The van der Waals surface area contributed by atoms with Crippen LogP contribution in [-0.4, -0.2) is 13.7 Å². The molecule has 0 saturated carbocycles. The third kappa shape index (κ3) is 2.60. The Kier molecular flexibility index (Phi) is 3.75. The first kappa shape index (κ1) is 9.74. The van der Waals surface area contributed by atoms with Crippen molar-refractivity contribution in [3.8, 4) is 0 Å². The zero-order valence-electron chi connectivity index (χ0n) is 6.37. The molecule has 0 aliphatic heterocycles. The molecule has 0 heterocycles. The highest BCUT2D eigenvalue weighted by atomic mass is 79.9. The second-order valence-corrected chi connectivity index (χ2v) is 4.19. The molecule has 0 fully saturated rings. The van der Waals surface area contributed by atoms with Crippen LogP contribution in [0.4, 0.5) is 0 Å². The summed E-state index contributed by atoms with van der Waals surface area (Å²) in [5.74, 6) is 0. The Hall–Kier alpha value is -0.350. The maximum absolute atomic E-state index is 10.6. The Morgan fingerprint density at radius 1 is 1.33 bits per heavy atom. The van der Waals surface area contributed by atoms with Crippen molar-refractivity contribution in [3.05, 3.63) is 29.8 Å². The Labute approximate surface area is 81.7 Å². The van der Waals surface area contributed by atoms with Gasteiger partial charge in [-0.3, -0.25) is 0 Å². The summed E-state index contributed by atoms with van der Waals surface area (Å²) < 4.78 is 21.2. The van der Waals surface area contributed by atoms with E-state index >= 15 is 0 Å². The van der Waals surface area contributed by atoms with Gasteiger partial charge in [-0.15, -0.1) is 0 Å². The number of halogens is 1. The molecule has 0 aliphatic rings. The highest BCUT2D eigenvalue weighted by Crippen LogP contribution is 2.07. The van der Waals surface area contributed by atoms with Gasteiger partial charge in [0.1, 0.15) is 0 Å². The molecular formula is C8H9BrO2S. The first-order chi connectivity index (χ1) is 5.74. The number of benzene rings is 1. The van der Waals surface area contributed by atoms with Crippen molar-refractivity contribution >= 4 is 26.6 Å². The van der Waals surface area contributed by atoms with Gasteiger partial charge in [-0.1, -0.05) is 28.1 Å². The summed E-state index contributed by atoms with van der Waals surface area (Å²) in [5, 5.41) is 0.853. The van der Waals surface area contributed by atoms with Gasteiger partial charge in [0, 0.05) is 5.33 Å². The average molecular weight is 249 g/mol. The number of aryl methyl sites for hydroxylation is 1. The number of alkyl halides is 1. The molecule has 0 bridgehead atoms. The van der Waals surface area contributed by atoms with E-state index in [1.54, 1.807) is 18.2 Å². The lowest BCUT2D eigenvalue weighted by atomic mass is 10.2. The van der Waals surface area contributed by atoms with E-state index in [0.29, 0.717) is 4.90 Å². The van der Waals surface area contributed by atoms with Crippen LogP contribution in [-0.2, 0) is 17.1 Å². The maximum atomic E-state index is 10.6. The zero-order chi connectivity index (χ0) is 8.97. The van der Waals surface area contributed by atoms with E-state index in [9.17, 15) is 8.42 Å². The molecule has 12 heavy (non-hydrogen) atoms. The summed E-state index contributed by atoms with van der Waals surface area (Å²) in [7, 11) is -2.44. The molecule has 0 spiro atoms. The minimum atomic E-state index is -2.44. The van der Waals surface area contributed by atoms with Gasteiger partial charge >= 0.3 is 0 Å². The first-order valence-electron chi connectivity index (χ1n) is 3.53. The molecule has 0 aromatic heterocycles. The fourth-order valence-corrected chi connectivity index (χ4v) is 1.87. The van der Waals surface area contributed by atoms with Crippen molar-refractivity contribution in [2.24, 2.45) is 0 Å². The van der Waals surface area contributed by atoms with Crippen molar-refractivity contribution in [2.45, 2.75) is 11.3 Å². The maximum Gasteiger partial charge on any atom is 0.168 e. The molecule has 1 rings (SSSR count). The molecule has 0 aliphatic carbocycles. The van der Waals surface area contributed by atoms with Crippen LogP contribution in [0.1, 0.15) is 5.56 Å². The third-order valence-electron chi connectivity index (χ3n) is 1.50. The zero-order valence-corrected chi connectivity index (χ0v) is 8.85. The largest absolute Gasteiger partial charge is 0.227 e. The SMILES string of the molecule is O=[SH](=O)c1cccc(CCBr)c1. The van der Waals surface area contributed by atoms with E-state index in [-0.39, 0.29) is 0 Å². The Balaban J connectivity index is 2.95. The van der Waals surface area contributed by atoms with Gasteiger partial charge < -0.3 is 0 Å². The van der Waals surface area contributed by atoms with E-state index in [4.69, 9.17) is 0 Å². The predicted molar refractivity (Wildman–Crippen MR) is 52.5 cm³/mol. The number of thiol groups is 1. The predicted octanol–water partition coefficient (Wildman–Crippen LogP) is 1.59. The molecule has 0 N–H and O–H groups in total. The molecule has 0 unspecified atom stereocenters. The molecule has 4 heteroatoms. The minimum Gasteiger partial charge on any atom is -0.227 e. The topological polar surface area (TPSA) is 34.1 Å². The van der Waals surface area contributed by atoms with E-state index in [2.05, 4.69) is 15.9 Å². The smallest absolute Gasteiger partial charge is 0.168 e. The van der Waals surface area contributed by atoms with Crippen LogP contribution < -0.4 is 0 Å². The van der Waals surface area contributed by atoms with Gasteiger partial charge in [0.25, 0.3) is 0 Å². The van der Waals surface area contributed by atoms with Gasteiger partial charge in [0.2, 0.25) is 0 Å². The van der Waals surface area contributed by atoms with Gasteiger partial charge in [-0.25, -0.2) is 8.42 Å². The fourth-order valence-electron chi connectivity index (χ4n) is 0.935. The normalized spacial score (nSPS) is 10.5. The van der Waals surface area contributed by atoms with Crippen molar-refractivity contribution in [1.29, 1.82) is 0 Å². The van der Waals surface area contributed by atoms with Crippen molar-refractivity contribution < 1.29 is 8.42 Å². The van der Waals surface area contributed by atoms with Crippen molar-refractivity contribution in [1.82, 2.24) is 0 Å². The summed E-state index contributed by atoms with van der Waals surface area (Å²) in [6.07, 6.45) is 0.858. The summed E-state index contributed by atoms with van der Waals surface area (Å²) in [6, 6.07) is 6.98. The summed E-state index contributed by atoms with van der Waals surface area (Å²) in [4.78, 5) is 0.392. The molecular weight excluding hydrogens is 240 g/mol. The van der Waals surface area contributed by atoms with Crippen LogP contribution in [0.15, 0.2) is 29.2 Å². The minimum absolute atomic E-state index is 0.392. The lowest BCUT2D eigenvalue weighted by molar-refractivity contribution is 0.614. The number of hydrogen-bond acceptors (Lipinski definition) is 2.